The van der Waals surface area contributed by atoms with Crippen LogP contribution in [0, 0.1) is 0 Å². The molecule has 5 heteroatoms. The predicted octanol–water partition coefficient (Wildman–Crippen LogP) is 2.36. The van der Waals surface area contributed by atoms with Gasteiger partial charge in [0, 0.05) is 18.5 Å². The predicted molar refractivity (Wildman–Crippen MR) is 58.1 cm³/mol. The monoisotopic (exact) mass is 223 g/mol. The lowest BCUT2D eigenvalue weighted by Gasteiger charge is -1.95. The third kappa shape index (κ3) is 2.47. The Hall–Kier alpha value is -1.55. The first-order chi connectivity index (χ1) is 7.28. The Morgan fingerprint density at radius 1 is 1.33 bits per heavy atom. The number of anilines is 1. The fraction of sp³-hybridized carbons (Fsp3) is 0.200. The highest BCUT2D eigenvalue weighted by atomic mass is 35.5. The van der Waals surface area contributed by atoms with Crippen molar-refractivity contribution in [3.8, 4) is 0 Å². The van der Waals surface area contributed by atoms with Crippen LogP contribution in [-0.4, -0.2) is 17.2 Å². The molecule has 1 heterocycles. The number of rotatable bonds is 3. The quantitative estimate of drug-likeness (QED) is 0.868. The number of benzene rings is 1. The number of nitrogens with one attached hydrogen (secondary N) is 1. The lowest BCUT2D eigenvalue weighted by molar-refractivity contribution is 0.425. The molecule has 0 bridgehead atoms. The van der Waals surface area contributed by atoms with Gasteiger partial charge in [0.2, 0.25) is 0 Å². The van der Waals surface area contributed by atoms with Crippen molar-refractivity contribution in [2.75, 3.05) is 12.4 Å². The van der Waals surface area contributed by atoms with E-state index in [2.05, 4.69) is 15.5 Å². The van der Waals surface area contributed by atoms with E-state index in [1.165, 1.54) is 0 Å². The molecule has 0 aliphatic heterocycles. The molecule has 0 atom stereocenters. The van der Waals surface area contributed by atoms with Crippen LogP contribution < -0.4 is 5.32 Å². The van der Waals surface area contributed by atoms with E-state index < -0.39 is 0 Å². The molecule has 0 saturated heterocycles. The van der Waals surface area contributed by atoms with E-state index in [-0.39, 0.29) is 0 Å². The van der Waals surface area contributed by atoms with E-state index >= 15 is 0 Å². The molecule has 1 N–H and O–H groups in total. The van der Waals surface area contributed by atoms with Crippen LogP contribution in [-0.2, 0) is 6.42 Å². The van der Waals surface area contributed by atoms with Crippen LogP contribution in [0.2, 0.25) is 5.02 Å². The first-order valence-electron chi connectivity index (χ1n) is 4.52. The molecule has 4 nitrogen and oxygen atoms in total. The Kier molecular flexibility index (Phi) is 2.87. The van der Waals surface area contributed by atoms with Gasteiger partial charge in [-0.25, -0.2) is 0 Å². The van der Waals surface area contributed by atoms with Crippen molar-refractivity contribution >= 4 is 17.6 Å². The van der Waals surface area contributed by atoms with Gasteiger partial charge in [0.25, 0.3) is 0 Å². The summed E-state index contributed by atoms with van der Waals surface area (Å²) < 4.78 is 4.91. The second-order valence-electron chi connectivity index (χ2n) is 3.07. The Morgan fingerprint density at radius 3 is 2.67 bits per heavy atom. The Morgan fingerprint density at radius 2 is 2.07 bits per heavy atom. The van der Waals surface area contributed by atoms with Gasteiger partial charge in [0.1, 0.15) is 0 Å². The molecule has 0 saturated carbocycles. The minimum absolute atomic E-state index is 0.430. The van der Waals surface area contributed by atoms with Crippen molar-refractivity contribution < 1.29 is 4.52 Å². The van der Waals surface area contributed by atoms with Crippen LogP contribution >= 0.6 is 11.6 Å². The van der Waals surface area contributed by atoms with E-state index in [9.17, 15) is 0 Å². The minimum Gasteiger partial charge on any atom is -0.341 e. The Labute approximate surface area is 92.3 Å². The van der Waals surface area contributed by atoms with Crippen molar-refractivity contribution in [1.82, 2.24) is 10.1 Å². The van der Waals surface area contributed by atoms with Crippen LogP contribution in [0.3, 0.4) is 0 Å². The topological polar surface area (TPSA) is 51.0 Å². The summed E-state index contributed by atoms with van der Waals surface area (Å²) in [5.74, 6) is 0.654. The summed E-state index contributed by atoms with van der Waals surface area (Å²) in [7, 11) is 1.74. The summed E-state index contributed by atoms with van der Waals surface area (Å²) in [6.45, 7) is 0. The summed E-state index contributed by atoms with van der Waals surface area (Å²) in [6, 6.07) is 8.00. The average molecular weight is 224 g/mol. The first-order valence-corrected chi connectivity index (χ1v) is 4.90. The van der Waals surface area contributed by atoms with Gasteiger partial charge >= 0.3 is 6.01 Å². The number of hydrogen-bond donors (Lipinski definition) is 1. The van der Waals surface area contributed by atoms with Gasteiger partial charge in [0.05, 0.1) is 0 Å². The molecule has 0 unspecified atom stereocenters. The molecule has 2 rings (SSSR count). The number of hydrogen-bond acceptors (Lipinski definition) is 4. The summed E-state index contributed by atoms with van der Waals surface area (Å²) in [5.41, 5.74) is 1.10. The zero-order valence-corrected chi connectivity index (χ0v) is 8.95. The van der Waals surface area contributed by atoms with Crippen molar-refractivity contribution in [2.24, 2.45) is 0 Å². The number of nitrogens with zero attached hydrogens (tertiary/aromatic N) is 2. The number of halogens is 1. The lowest BCUT2D eigenvalue weighted by Crippen LogP contribution is -1.91. The van der Waals surface area contributed by atoms with E-state index in [1.807, 2.05) is 24.3 Å². The van der Waals surface area contributed by atoms with Crippen molar-refractivity contribution in [3.63, 3.8) is 0 Å². The van der Waals surface area contributed by atoms with Gasteiger partial charge in [-0.1, -0.05) is 28.9 Å². The van der Waals surface area contributed by atoms with Crippen LogP contribution in [0.4, 0.5) is 6.01 Å². The fourth-order valence-electron chi connectivity index (χ4n) is 1.21. The van der Waals surface area contributed by atoms with Crippen LogP contribution in [0.1, 0.15) is 11.4 Å². The first kappa shape index (κ1) is 9.98. The maximum absolute atomic E-state index is 5.78. The zero-order chi connectivity index (χ0) is 10.7. The maximum Gasteiger partial charge on any atom is 0.321 e. The van der Waals surface area contributed by atoms with E-state index in [0.29, 0.717) is 18.3 Å². The Bertz CT molecular complexity index is 438. The minimum atomic E-state index is 0.430. The standard InChI is InChI=1S/C10H10ClN3O/c1-12-10-13-9(14-15-10)6-7-2-4-8(11)5-3-7/h2-5H,6H2,1H3,(H,12,13,14). The molecule has 0 aliphatic rings. The van der Waals surface area contributed by atoms with E-state index in [0.717, 1.165) is 10.6 Å². The average Bonchev–Trinajstić information content (AvgIpc) is 2.69. The molecule has 2 aromatic rings. The molecule has 0 fully saturated rings. The lowest BCUT2D eigenvalue weighted by atomic mass is 10.1. The summed E-state index contributed by atoms with van der Waals surface area (Å²) >= 11 is 5.78. The maximum atomic E-state index is 5.78. The smallest absolute Gasteiger partial charge is 0.321 e. The summed E-state index contributed by atoms with van der Waals surface area (Å²) in [5, 5.41) is 7.33. The summed E-state index contributed by atoms with van der Waals surface area (Å²) in [4.78, 5) is 4.12. The van der Waals surface area contributed by atoms with Crippen molar-refractivity contribution in [2.45, 2.75) is 6.42 Å². The highest BCUT2D eigenvalue weighted by Gasteiger charge is 2.04. The van der Waals surface area contributed by atoms with Crippen molar-refractivity contribution in [3.05, 3.63) is 40.7 Å². The molecule has 15 heavy (non-hydrogen) atoms. The van der Waals surface area contributed by atoms with Crippen molar-refractivity contribution in [1.29, 1.82) is 0 Å². The second-order valence-corrected chi connectivity index (χ2v) is 3.51. The van der Waals surface area contributed by atoms with Gasteiger partial charge < -0.3 is 9.84 Å². The van der Waals surface area contributed by atoms with E-state index in [4.69, 9.17) is 16.1 Å². The normalized spacial score (nSPS) is 10.3. The highest BCUT2D eigenvalue weighted by molar-refractivity contribution is 6.30. The molecule has 1 aromatic heterocycles. The second kappa shape index (κ2) is 4.31. The van der Waals surface area contributed by atoms with Crippen LogP contribution in [0.15, 0.2) is 28.8 Å². The van der Waals surface area contributed by atoms with Gasteiger partial charge in [-0.15, -0.1) is 0 Å². The third-order valence-corrected chi connectivity index (χ3v) is 2.21. The fourth-order valence-corrected chi connectivity index (χ4v) is 1.34. The van der Waals surface area contributed by atoms with Gasteiger partial charge in [0.15, 0.2) is 5.82 Å². The number of aromatic nitrogens is 2. The highest BCUT2D eigenvalue weighted by Crippen LogP contribution is 2.12. The van der Waals surface area contributed by atoms with Crippen LogP contribution in [0.25, 0.3) is 0 Å². The molecule has 0 amide bonds. The molecule has 0 spiro atoms. The SMILES string of the molecule is CNc1nc(Cc2ccc(Cl)cc2)no1. The Balaban J connectivity index is 2.11. The molecule has 1 aromatic carbocycles. The molecule has 0 aliphatic carbocycles. The van der Waals surface area contributed by atoms with Gasteiger partial charge in [-0.2, -0.15) is 4.98 Å². The molecule has 78 valence electrons. The molecular formula is C10H10ClN3O. The van der Waals surface area contributed by atoms with Gasteiger partial charge in [-0.05, 0) is 17.7 Å². The van der Waals surface area contributed by atoms with Gasteiger partial charge in [-0.3, -0.25) is 0 Å². The van der Waals surface area contributed by atoms with Crippen LogP contribution in [0.5, 0.6) is 0 Å². The van der Waals surface area contributed by atoms with E-state index in [1.54, 1.807) is 7.05 Å². The summed E-state index contributed by atoms with van der Waals surface area (Å²) in [6.07, 6.45) is 0.641. The largest absolute Gasteiger partial charge is 0.341 e. The molecular weight excluding hydrogens is 214 g/mol. The zero-order valence-electron chi connectivity index (χ0n) is 8.20. The molecule has 0 radical (unpaired) electrons. The third-order valence-electron chi connectivity index (χ3n) is 1.96.